The van der Waals surface area contributed by atoms with Crippen molar-refractivity contribution in [2.75, 3.05) is 0 Å². The Morgan fingerprint density at radius 2 is 1.86 bits per heavy atom. The van der Waals surface area contributed by atoms with Crippen LogP contribution in [0.4, 0.5) is 0 Å². The fourth-order valence-corrected chi connectivity index (χ4v) is 4.01. The van der Waals surface area contributed by atoms with Gasteiger partial charge in [-0.25, -0.2) is 0 Å². The molecule has 0 aromatic heterocycles. The average Bonchev–Trinajstić information content (AvgIpc) is 2.68. The van der Waals surface area contributed by atoms with Gasteiger partial charge in [0.2, 0.25) is 11.8 Å². The van der Waals surface area contributed by atoms with Gasteiger partial charge in [0.15, 0.2) is 0 Å². The predicted molar refractivity (Wildman–Crippen MR) is 112 cm³/mol. The molecular weight excluding hydrogens is 440 g/mol. The zero-order valence-electron chi connectivity index (χ0n) is 14.8. The summed E-state index contributed by atoms with van der Waals surface area (Å²) in [4.78, 5) is 11.7. The third-order valence-corrected chi connectivity index (χ3v) is 5.48. The van der Waals surface area contributed by atoms with Gasteiger partial charge in [-0.05, 0) is 23.8 Å². The van der Waals surface area contributed by atoms with Crippen molar-refractivity contribution in [3.63, 3.8) is 0 Å². The molecule has 4 nitrogen and oxygen atoms in total. The Morgan fingerprint density at radius 3 is 2.50 bits per heavy atom. The molecule has 0 unspecified atom stereocenters. The lowest BCUT2D eigenvalue weighted by Gasteiger charge is -2.29. The number of halogens is 2. The summed E-state index contributed by atoms with van der Waals surface area (Å²) in [6.07, 6.45) is 0. The SMILES string of the molecule is CC(=O)NC1=C(C#N)[C@H](c2ccc(Br)cc2)c2cc(Cl)c3ccccc3c2O1. The molecule has 1 N–H and O–H groups in total. The van der Waals surface area contributed by atoms with Crippen molar-refractivity contribution in [2.24, 2.45) is 0 Å². The van der Waals surface area contributed by atoms with E-state index in [1.54, 1.807) is 0 Å². The van der Waals surface area contributed by atoms with Crippen LogP contribution in [0.15, 0.2) is 70.5 Å². The topological polar surface area (TPSA) is 62.1 Å². The van der Waals surface area contributed by atoms with Crippen molar-refractivity contribution in [3.05, 3.63) is 86.7 Å². The summed E-state index contributed by atoms with van der Waals surface area (Å²) in [5.41, 5.74) is 2.02. The van der Waals surface area contributed by atoms with Crippen LogP contribution in [-0.2, 0) is 4.79 Å². The van der Waals surface area contributed by atoms with Crippen molar-refractivity contribution in [1.29, 1.82) is 5.26 Å². The molecule has 3 aromatic rings. The number of nitrogens with zero attached hydrogens (tertiary/aromatic N) is 1. The Balaban J connectivity index is 2.04. The number of benzene rings is 3. The molecular formula is C22H14BrClN2O2. The lowest BCUT2D eigenvalue weighted by Crippen LogP contribution is -2.29. The van der Waals surface area contributed by atoms with Crippen LogP contribution in [0.2, 0.25) is 5.02 Å². The molecule has 4 rings (SSSR count). The van der Waals surface area contributed by atoms with Crippen LogP contribution in [0.1, 0.15) is 24.0 Å². The van der Waals surface area contributed by atoms with Crippen molar-refractivity contribution in [3.8, 4) is 11.8 Å². The molecule has 3 aromatic carbocycles. The summed E-state index contributed by atoms with van der Waals surface area (Å²) >= 11 is 9.99. The molecule has 0 bridgehead atoms. The largest absolute Gasteiger partial charge is 0.439 e. The number of hydrogen-bond donors (Lipinski definition) is 1. The van der Waals surface area contributed by atoms with Gasteiger partial charge in [-0.2, -0.15) is 5.26 Å². The summed E-state index contributed by atoms with van der Waals surface area (Å²) in [5, 5.41) is 14.8. The van der Waals surface area contributed by atoms with Crippen LogP contribution < -0.4 is 10.1 Å². The standard InChI is InChI=1S/C22H14BrClN2O2/c1-12(27)26-22-18(11-25)20(13-6-8-14(23)9-7-13)17-10-19(24)15-4-2-3-5-16(15)21(17)28-22/h2-10,20H,1H3,(H,26,27)/t20-/m1/s1. The monoisotopic (exact) mass is 452 g/mol. The van der Waals surface area contributed by atoms with Crippen molar-refractivity contribution >= 4 is 44.2 Å². The highest BCUT2D eigenvalue weighted by molar-refractivity contribution is 9.10. The van der Waals surface area contributed by atoms with Gasteiger partial charge in [0, 0.05) is 32.8 Å². The molecule has 1 amide bonds. The van der Waals surface area contributed by atoms with Crippen LogP contribution >= 0.6 is 27.5 Å². The van der Waals surface area contributed by atoms with Crippen molar-refractivity contribution < 1.29 is 9.53 Å². The van der Waals surface area contributed by atoms with E-state index in [0.29, 0.717) is 16.3 Å². The van der Waals surface area contributed by atoms with Gasteiger partial charge in [0.1, 0.15) is 17.4 Å². The van der Waals surface area contributed by atoms with E-state index in [0.717, 1.165) is 26.4 Å². The van der Waals surface area contributed by atoms with Gasteiger partial charge < -0.3 is 4.74 Å². The highest BCUT2D eigenvalue weighted by Crippen LogP contribution is 2.47. The van der Waals surface area contributed by atoms with Gasteiger partial charge in [-0.15, -0.1) is 0 Å². The van der Waals surface area contributed by atoms with Crippen LogP contribution in [0.3, 0.4) is 0 Å². The summed E-state index contributed by atoms with van der Waals surface area (Å²) < 4.78 is 6.98. The number of rotatable bonds is 2. The van der Waals surface area contributed by atoms with Gasteiger partial charge in [-0.1, -0.05) is 63.9 Å². The van der Waals surface area contributed by atoms with E-state index in [4.69, 9.17) is 16.3 Å². The van der Waals surface area contributed by atoms with E-state index in [9.17, 15) is 10.1 Å². The first kappa shape index (κ1) is 18.5. The molecule has 1 atom stereocenters. The highest BCUT2D eigenvalue weighted by atomic mass is 79.9. The number of hydrogen-bond acceptors (Lipinski definition) is 3. The van der Waals surface area contributed by atoms with Crippen LogP contribution in [0.25, 0.3) is 10.8 Å². The van der Waals surface area contributed by atoms with Gasteiger partial charge in [-0.3, -0.25) is 10.1 Å². The molecule has 1 heterocycles. The summed E-state index contributed by atoms with van der Waals surface area (Å²) in [7, 11) is 0. The maximum atomic E-state index is 11.7. The predicted octanol–water partition coefficient (Wildman–Crippen LogP) is 5.65. The van der Waals surface area contributed by atoms with Crippen molar-refractivity contribution in [2.45, 2.75) is 12.8 Å². The molecule has 0 saturated heterocycles. The Bertz CT molecular complexity index is 1180. The Labute approximate surface area is 175 Å². The molecule has 1 aliphatic rings. The van der Waals surface area contributed by atoms with E-state index in [2.05, 4.69) is 27.3 Å². The van der Waals surface area contributed by atoms with E-state index in [-0.39, 0.29) is 11.8 Å². The van der Waals surface area contributed by atoms with Crippen molar-refractivity contribution in [1.82, 2.24) is 5.32 Å². The summed E-state index contributed by atoms with van der Waals surface area (Å²) in [5.74, 6) is 0.0309. The van der Waals surface area contributed by atoms with Gasteiger partial charge >= 0.3 is 0 Å². The average molecular weight is 454 g/mol. The number of nitriles is 1. The quantitative estimate of drug-likeness (QED) is 0.545. The molecule has 138 valence electrons. The van der Waals surface area contributed by atoms with E-state index in [1.807, 2.05) is 54.6 Å². The second-order valence-electron chi connectivity index (χ2n) is 6.44. The lowest BCUT2D eigenvalue weighted by atomic mass is 9.82. The fraction of sp³-hybridized carbons (Fsp3) is 0.0909. The minimum Gasteiger partial charge on any atom is -0.439 e. The van der Waals surface area contributed by atoms with E-state index >= 15 is 0 Å². The minimum absolute atomic E-state index is 0.155. The zero-order valence-corrected chi connectivity index (χ0v) is 17.1. The van der Waals surface area contributed by atoms with E-state index < -0.39 is 5.92 Å². The third-order valence-electron chi connectivity index (χ3n) is 4.64. The van der Waals surface area contributed by atoms with E-state index in [1.165, 1.54) is 6.92 Å². The number of nitrogens with one attached hydrogen (secondary N) is 1. The number of amides is 1. The second-order valence-corrected chi connectivity index (χ2v) is 7.77. The summed E-state index contributed by atoms with van der Waals surface area (Å²) in [6, 6.07) is 19.4. The smallest absolute Gasteiger partial charge is 0.223 e. The number of carbonyl (C=O) groups is 1. The Hall–Kier alpha value is -2.81. The number of carbonyl (C=O) groups excluding carboxylic acids is 1. The molecule has 0 aliphatic carbocycles. The molecule has 1 aliphatic heterocycles. The number of fused-ring (bicyclic) bond motifs is 3. The zero-order chi connectivity index (χ0) is 19.8. The molecule has 0 spiro atoms. The maximum Gasteiger partial charge on any atom is 0.223 e. The molecule has 6 heteroatoms. The maximum absolute atomic E-state index is 11.7. The highest BCUT2D eigenvalue weighted by Gasteiger charge is 2.33. The molecule has 0 saturated carbocycles. The Morgan fingerprint density at radius 1 is 1.18 bits per heavy atom. The number of ether oxygens (including phenoxy) is 1. The first-order chi connectivity index (χ1) is 13.5. The third kappa shape index (κ3) is 3.15. The second kappa shape index (κ2) is 7.31. The van der Waals surface area contributed by atoms with Gasteiger partial charge in [0.25, 0.3) is 0 Å². The first-order valence-electron chi connectivity index (χ1n) is 8.56. The van der Waals surface area contributed by atoms with Gasteiger partial charge in [0.05, 0.1) is 5.92 Å². The normalized spacial score (nSPS) is 15.6. The van der Waals surface area contributed by atoms with Crippen LogP contribution in [0, 0.1) is 11.3 Å². The fourth-order valence-electron chi connectivity index (χ4n) is 3.47. The summed E-state index contributed by atoms with van der Waals surface area (Å²) in [6.45, 7) is 1.38. The number of allylic oxidation sites excluding steroid dienone is 1. The van der Waals surface area contributed by atoms with Crippen LogP contribution in [-0.4, -0.2) is 5.91 Å². The minimum atomic E-state index is -0.411. The molecule has 0 fully saturated rings. The molecule has 0 radical (unpaired) electrons. The van der Waals surface area contributed by atoms with Crippen LogP contribution in [0.5, 0.6) is 5.75 Å². The Kier molecular flexibility index (Phi) is 4.84. The lowest BCUT2D eigenvalue weighted by molar-refractivity contribution is -0.118. The first-order valence-corrected chi connectivity index (χ1v) is 9.73. The molecule has 28 heavy (non-hydrogen) atoms.